The van der Waals surface area contributed by atoms with Gasteiger partial charge in [-0.25, -0.2) is 4.98 Å². The van der Waals surface area contributed by atoms with Crippen molar-refractivity contribution in [1.82, 2.24) is 14.9 Å². The van der Waals surface area contributed by atoms with Gasteiger partial charge in [0.1, 0.15) is 10.7 Å². The van der Waals surface area contributed by atoms with E-state index in [0.717, 1.165) is 42.3 Å². The number of rotatable bonds is 9. The Morgan fingerprint density at radius 1 is 1.35 bits per heavy atom. The van der Waals surface area contributed by atoms with Crippen LogP contribution in [0.3, 0.4) is 0 Å². The number of ether oxygens (including phenoxy) is 1. The predicted octanol–water partition coefficient (Wildman–Crippen LogP) is 3.81. The van der Waals surface area contributed by atoms with Gasteiger partial charge in [-0.05, 0) is 43.6 Å². The van der Waals surface area contributed by atoms with Crippen molar-refractivity contribution >= 4 is 21.6 Å². The third kappa shape index (κ3) is 5.45. The zero-order valence-corrected chi connectivity index (χ0v) is 19.4. The van der Waals surface area contributed by atoms with Crippen LogP contribution in [0.5, 0.6) is 0 Å². The second-order valence-corrected chi connectivity index (χ2v) is 10.3. The van der Waals surface area contributed by atoms with E-state index in [4.69, 9.17) is 9.72 Å². The van der Waals surface area contributed by atoms with E-state index in [-0.39, 0.29) is 12.2 Å². The number of H-pyrrole nitrogens is 1. The number of aliphatic hydroxyl groups is 1. The predicted molar refractivity (Wildman–Crippen MR) is 126 cm³/mol. The molecule has 0 bridgehead atoms. The van der Waals surface area contributed by atoms with Crippen molar-refractivity contribution in [1.29, 1.82) is 0 Å². The number of nitrogens with zero attached hydrogens (tertiary/aromatic N) is 2. The summed E-state index contributed by atoms with van der Waals surface area (Å²) in [4.78, 5) is 25.4. The fourth-order valence-electron chi connectivity index (χ4n) is 5.06. The molecule has 0 unspecified atom stereocenters. The van der Waals surface area contributed by atoms with Crippen LogP contribution in [-0.4, -0.2) is 51.9 Å². The van der Waals surface area contributed by atoms with Gasteiger partial charge in [-0.2, -0.15) is 0 Å². The summed E-state index contributed by atoms with van der Waals surface area (Å²) in [5.41, 5.74) is 1.21. The molecular formula is C24H35N3O3S. The summed E-state index contributed by atoms with van der Waals surface area (Å²) in [6.07, 6.45) is 10.2. The molecule has 1 saturated carbocycles. The lowest BCUT2D eigenvalue weighted by Gasteiger charge is -2.35. The average Bonchev–Trinajstić information content (AvgIpc) is 3.12. The maximum atomic E-state index is 13.0. The lowest BCUT2D eigenvalue weighted by Crippen LogP contribution is -2.43. The first-order chi connectivity index (χ1) is 15.0. The number of hydrogen-bond donors (Lipinski definition) is 2. The minimum atomic E-state index is -0.576. The van der Waals surface area contributed by atoms with E-state index >= 15 is 0 Å². The first kappa shape index (κ1) is 22.6. The normalized spacial score (nSPS) is 20.8. The molecule has 7 heteroatoms. The molecule has 2 aromatic rings. The van der Waals surface area contributed by atoms with Crippen molar-refractivity contribution in [3.05, 3.63) is 39.3 Å². The van der Waals surface area contributed by atoms with Gasteiger partial charge < -0.3 is 14.8 Å². The molecule has 2 N–H and O–H groups in total. The molecule has 2 aromatic heterocycles. The van der Waals surface area contributed by atoms with Gasteiger partial charge in [0, 0.05) is 17.5 Å². The van der Waals surface area contributed by atoms with E-state index in [1.807, 2.05) is 0 Å². The Hall–Kier alpha value is -1.54. The van der Waals surface area contributed by atoms with Crippen molar-refractivity contribution in [2.45, 2.75) is 77.0 Å². The lowest BCUT2D eigenvalue weighted by atomic mass is 9.89. The number of nitrogens with one attached hydrogen (secondary N) is 1. The highest BCUT2D eigenvalue weighted by Gasteiger charge is 2.26. The number of fused-ring (bicyclic) bond motifs is 3. The van der Waals surface area contributed by atoms with E-state index < -0.39 is 6.10 Å². The summed E-state index contributed by atoms with van der Waals surface area (Å²) in [5, 5.41) is 11.3. The lowest BCUT2D eigenvalue weighted by molar-refractivity contribution is 0.00880. The fourth-order valence-corrected chi connectivity index (χ4v) is 6.46. The van der Waals surface area contributed by atoms with Gasteiger partial charge in [0.2, 0.25) is 0 Å². The molecule has 0 aliphatic heterocycles. The Kier molecular flexibility index (Phi) is 7.59. The number of aromatic nitrogens is 2. The van der Waals surface area contributed by atoms with E-state index in [0.29, 0.717) is 37.5 Å². The van der Waals surface area contributed by atoms with Gasteiger partial charge in [0.25, 0.3) is 5.56 Å². The summed E-state index contributed by atoms with van der Waals surface area (Å²) in [5.74, 6) is 1.37. The molecule has 6 nitrogen and oxygen atoms in total. The number of aromatic amines is 1. The van der Waals surface area contributed by atoms with Gasteiger partial charge >= 0.3 is 0 Å². The monoisotopic (exact) mass is 445 g/mol. The van der Waals surface area contributed by atoms with Gasteiger partial charge in [0.05, 0.1) is 31.2 Å². The Bertz CT molecular complexity index is 947. The van der Waals surface area contributed by atoms with Crippen LogP contribution in [0.25, 0.3) is 10.2 Å². The number of aliphatic hydroxyl groups excluding tert-OH is 1. The highest BCUT2D eigenvalue weighted by atomic mass is 32.1. The molecule has 0 aromatic carbocycles. The van der Waals surface area contributed by atoms with E-state index in [1.54, 1.807) is 17.4 Å². The summed E-state index contributed by atoms with van der Waals surface area (Å²) >= 11 is 1.69. The first-order valence-electron chi connectivity index (χ1n) is 11.7. The molecule has 170 valence electrons. The van der Waals surface area contributed by atoms with Crippen molar-refractivity contribution in [2.75, 3.05) is 19.8 Å². The molecule has 0 radical (unpaired) electrons. The molecule has 1 fully saturated rings. The van der Waals surface area contributed by atoms with Crippen molar-refractivity contribution in [3.63, 3.8) is 0 Å². The summed E-state index contributed by atoms with van der Waals surface area (Å²) in [6, 6.07) is 0.404. The third-order valence-corrected chi connectivity index (χ3v) is 7.80. The number of aryl methyl sites for hydroxylation is 1. The highest BCUT2D eigenvalue weighted by Crippen LogP contribution is 2.35. The minimum Gasteiger partial charge on any atom is -0.389 e. The van der Waals surface area contributed by atoms with Gasteiger partial charge in [0.15, 0.2) is 0 Å². The zero-order chi connectivity index (χ0) is 21.8. The van der Waals surface area contributed by atoms with E-state index in [1.165, 1.54) is 29.7 Å². The SMILES string of the molecule is C=CCOC[C@@H](O)CN(Cc1nc2sc3c(c2c(=O)[nH]1)CC[C@H](C)C3)C1CCCCC1. The minimum absolute atomic E-state index is 0.00879. The molecule has 31 heavy (non-hydrogen) atoms. The molecular weight excluding hydrogens is 410 g/mol. The largest absolute Gasteiger partial charge is 0.389 e. The number of thiophene rings is 1. The summed E-state index contributed by atoms with van der Waals surface area (Å²) < 4.78 is 5.45. The van der Waals surface area contributed by atoms with Gasteiger partial charge in [-0.3, -0.25) is 9.69 Å². The summed E-state index contributed by atoms with van der Waals surface area (Å²) in [7, 11) is 0. The number of hydrogen-bond acceptors (Lipinski definition) is 6. The molecule has 2 heterocycles. The highest BCUT2D eigenvalue weighted by molar-refractivity contribution is 7.18. The Morgan fingerprint density at radius 2 is 2.16 bits per heavy atom. The maximum absolute atomic E-state index is 13.0. The van der Waals surface area contributed by atoms with Crippen LogP contribution in [0.15, 0.2) is 17.4 Å². The van der Waals surface area contributed by atoms with Crippen LogP contribution < -0.4 is 5.56 Å². The molecule has 4 rings (SSSR count). The molecule has 2 aliphatic carbocycles. The van der Waals surface area contributed by atoms with E-state index in [9.17, 15) is 9.90 Å². The molecule has 0 spiro atoms. The van der Waals surface area contributed by atoms with Crippen LogP contribution in [-0.2, 0) is 24.1 Å². The van der Waals surface area contributed by atoms with Crippen LogP contribution in [0, 0.1) is 5.92 Å². The molecule has 2 atom stereocenters. The van der Waals surface area contributed by atoms with Crippen LogP contribution >= 0.6 is 11.3 Å². The smallest absolute Gasteiger partial charge is 0.259 e. The second-order valence-electron chi connectivity index (χ2n) is 9.25. The fraction of sp³-hybridized carbons (Fsp3) is 0.667. The Labute approximate surface area is 188 Å². The van der Waals surface area contributed by atoms with Gasteiger partial charge in [-0.1, -0.05) is 32.3 Å². The second kappa shape index (κ2) is 10.4. The van der Waals surface area contributed by atoms with Crippen molar-refractivity contribution in [3.8, 4) is 0 Å². The Morgan fingerprint density at radius 3 is 2.94 bits per heavy atom. The van der Waals surface area contributed by atoms with Crippen LogP contribution in [0.2, 0.25) is 0 Å². The van der Waals surface area contributed by atoms with E-state index in [2.05, 4.69) is 23.4 Å². The maximum Gasteiger partial charge on any atom is 0.259 e. The van der Waals surface area contributed by atoms with Crippen molar-refractivity contribution in [2.24, 2.45) is 5.92 Å². The summed E-state index contributed by atoms with van der Waals surface area (Å²) in [6.45, 7) is 7.72. The zero-order valence-electron chi connectivity index (χ0n) is 18.6. The van der Waals surface area contributed by atoms with Gasteiger partial charge in [-0.15, -0.1) is 17.9 Å². The average molecular weight is 446 g/mol. The molecule has 2 aliphatic rings. The molecule has 0 saturated heterocycles. The quantitative estimate of drug-likeness (QED) is 0.453. The third-order valence-electron chi connectivity index (χ3n) is 6.65. The van der Waals surface area contributed by atoms with Crippen molar-refractivity contribution < 1.29 is 9.84 Å². The molecule has 0 amide bonds. The topological polar surface area (TPSA) is 78.5 Å². The Balaban J connectivity index is 1.55. The van der Waals surface area contributed by atoms with Crippen LogP contribution in [0.4, 0.5) is 0 Å². The van der Waals surface area contributed by atoms with Crippen LogP contribution in [0.1, 0.15) is 61.7 Å². The standard InChI is InChI=1S/C24H35N3O3S/c1-3-11-30-15-18(28)13-27(17-7-5-4-6-8-17)14-21-25-23(29)22-19-10-9-16(2)12-20(19)31-24(22)26-21/h3,16-18,28H,1,4-15H2,2H3,(H,25,26,29)/t16-,18-/m0/s1. The first-order valence-corrected chi connectivity index (χ1v) is 12.5.